The molecule has 0 unspecified atom stereocenters. The largest absolute Gasteiger partial charge is 0.490 e. The van der Waals surface area contributed by atoms with E-state index in [1.165, 1.54) is 0 Å². The lowest BCUT2D eigenvalue weighted by atomic mass is 10.2. The Labute approximate surface area is 121 Å². The number of halogens is 1. The molecule has 0 atom stereocenters. The minimum absolute atomic E-state index is 0.622. The number of para-hydroxylation sites is 1. The molecule has 4 nitrogen and oxygen atoms in total. The molecule has 19 heavy (non-hydrogen) atoms. The molecule has 1 aromatic carbocycles. The van der Waals surface area contributed by atoms with E-state index in [2.05, 4.69) is 36.9 Å². The van der Waals surface area contributed by atoms with Crippen LogP contribution in [0, 0.1) is 6.92 Å². The summed E-state index contributed by atoms with van der Waals surface area (Å²) in [7, 11) is 1.93. The highest BCUT2D eigenvalue weighted by molar-refractivity contribution is 9.10. The number of rotatable bonds is 6. The van der Waals surface area contributed by atoms with Crippen molar-refractivity contribution in [3.05, 3.63) is 46.5 Å². The fourth-order valence-corrected chi connectivity index (χ4v) is 2.45. The Morgan fingerprint density at radius 1 is 1.42 bits per heavy atom. The fourth-order valence-electron chi connectivity index (χ4n) is 1.93. The highest BCUT2D eigenvalue weighted by atomic mass is 79.9. The number of benzene rings is 1. The maximum Gasteiger partial charge on any atom is 0.138 e. The van der Waals surface area contributed by atoms with Crippen LogP contribution in [0.1, 0.15) is 11.4 Å². The van der Waals surface area contributed by atoms with Crippen LogP contribution in [0.3, 0.4) is 0 Å². The maximum atomic E-state index is 5.91. The van der Waals surface area contributed by atoms with E-state index in [-0.39, 0.29) is 0 Å². The van der Waals surface area contributed by atoms with Crippen LogP contribution in [0.5, 0.6) is 5.75 Å². The average Bonchev–Trinajstić information content (AvgIpc) is 2.79. The summed E-state index contributed by atoms with van der Waals surface area (Å²) in [5, 5.41) is 3.15. The molecule has 0 saturated heterocycles. The summed E-state index contributed by atoms with van der Waals surface area (Å²) in [6, 6.07) is 6.08. The van der Waals surface area contributed by atoms with Gasteiger partial charge in [0.1, 0.15) is 18.2 Å². The van der Waals surface area contributed by atoms with Crippen LogP contribution >= 0.6 is 15.9 Å². The van der Waals surface area contributed by atoms with Crippen LogP contribution in [-0.4, -0.2) is 23.2 Å². The van der Waals surface area contributed by atoms with Crippen molar-refractivity contribution in [1.29, 1.82) is 0 Å². The fraction of sp³-hybridized carbons (Fsp3) is 0.357. The first-order chi connectivity index (χ1) is 9.22. The van der Waals surface area contributed by atoms with E-state index < -0.39 is 0 Å². The molecule has 0 bridgehead atoms. The van der Waals surface area contributed by atoms with E-state index >= 15 is 0 Å². The summed E-state index contributed by atoms with van der Waals surface area (Å²) < 4.78 is 8.98. The monoisotopic (exact) mass is 323 g/mol. The first-order valence-corrected chi connectivity index (χ1v) is 7.04. The molecule has 0 saturated carbocycles. The third-order valence-corrected chi connectivity index (χ3v) is 3.54. The molecule has 0 aliphatic rings. The van der Waals surface area contributed by atoms with E-state index in [9.17, 15) is 0 Å². The van der Waals surface area contributed by atoms with E-state index in [1.54, 1.807) is 6.20 Å². The number of nitrogens with one attached hydrogen (secondary N) is 1. The SMILES string of the molecule is CNCc1cccc(Br)c1OCCn1ccnc1C. The quantitative estimate of drug-likeness (QED) is 0.888. The highest BCUT2D eigenvalue weighted by Gasteiger charge is 2.07. The standard InChI is InChI=1S/C14H18BrN3O/c1-11-17-6-7-18(11)8-9-19-14-12(10-16-2)4-3-5-13(14)15/h3-7,16H,8-10H2,1-2H3. The molecular weight excluding hydrogens is 306 g/mol. The zero-order valence-corrected chi connectivity index (χ0v) is 12.8. The molecule has 0 radical (unpaired) electrons. The number of imidazole rings is 1. The molecule has 2 rings (SSSR count). The third kappa shape index (κ3) is 3.58. The highest BCUT2D eigenvalue weighted by Crippen LogP contribution is 2.29. The second-order valence-corrected chi connectivity index (χ2v) is 5.13. The maximum absolute atomic E-state index is 5.91. The Morgan fingerprint density at radius 2 is 2.26 bits per heavy atom. The Kier molecular flexibility index (Phi) is 4.99. The minimum Gasteiger partial charge on any atom is -0.490 e. The van der Waals surface area contributed by atoms with E-state index in [0.717, 1.165) is 34.7 Å². The average molecular weight is 324 g/mol. The molecule has 1 heterocycles. The summed E-state index contributed by atoms with van der Waals surface area (Å²) in [4.78, 5) is 4.19. The van der Waals surface area contributed by atoms with Gasteiger partial charge in [0, 0.05) is 24.5 Å². The predicted molar refractivity (Wildman–Crippen MR) is 79.4 cm³/mol. The van der Waals surface area contributed by atoms with Crippen molar-refractivity contribution in [2.24, 2.45) is 0 Å². The topological polar surface area (TPSA) is 39.1 Å². The molecule has 0 spiro atoms. The molecular formula is C14H18BrN3O. The Hall–Kier alpha value is -1.33. The van der Waals surface area contributed by atoms with Gasteiger partial charge in [-0.3, -0.25) is 0 Å². The number of ether oxygens (including phenoxy) is 1. The van der Waals surface area contributed by atoms with Crippen molar-refractivity contribution < 1.29 is 4.74 Å². The molecule has 1 aromatic heterocycles. The second-order valence-electron chi connectivity index (χ2n) is 4.27. The molecule has 1 N–H and O–H groups in total. The Morgan fingerprint density at radius 3 is 2.95 bits per heavy atom. The van der Waals surface area contributed by atoms with Crippen LogP contribution in [0.2, 0.25) is 0 Å². The molecule has 0 amide bonds. The first kappa shape index (κ1) is 14.1. The van der Waals surface area contributed by atoms with E-state index in [1.807, 2.05) is 32.3 Å². The Bertz CT molecular complexity index is 539. The third-order valence-electron chi connectivity index (χ3n) is 2.92. The number of aromatic nitrogens is 2. The normalized spacial score (nSPS) is 10.7. The van der Waals surface area contributed by atoms with E-state index in [4.69, 9.17) is 4.74 Å². The van der Waals surface area contributed by atoms with Crippen LogP contribution in [0.15, 0.2) is 35.1 Å². The summed E-state index contributed by atoms with van der Waals surface area (Å²) in [5.41, 5.74) is 1.15. The van der Waals surface area contributed by atoms with Crippen molar-refractivity contribution in [2.45, 2.75) is 20.0 Å². The predicted octanol–water partition coefficient (Wildman–Crippen LogP) is 2.75. The van der Waals surface area contributed by atoms with Crippen molar-refractivity contribution in [2.75, 3.05) is 13.7 Å². The van der Waals surface area contributed by atoms with Gasteiger partial charge < -0.3 is 14.6 Å². The lowest BCUT2D eigenvalue weighted by Crippen LogP contribution is -2.12. The van der Waals surface area contributed by atoms with Crippen LogP contribution in [0.25, 0.3) is 0 Å². The van der Waals surface area contributed by atoms with Crippen molar-refractivity contribution >= 4 is 15.9 Å². The van der Waals surface area contributed by atoms with Gasteiger partial charge in [0.05, 0.1) is 11.0 Å². The molecule has 2 aromatic rings. The molecule has 5 heteroatoms. The van der Waals surface area contributed by atoms with Crippen molar-refractivity contribution in [1.82, 2.24) is 14.9 Å². The summed E-state index contributed by atoms with van der Waals surface area (Å²) >= 11 is 3.54. The van der Waals surface area contributed by atoms with Gasteiger partial charge in [-0.05, 0) is 36.0 Å². The Balaban J connectivity index is 2.01. The zero-order valence-electron chi connectivity index (χ0n) is 11.2. The van der Waals surface area contributed by atoms with Gasteiger partial charge in [-0.1, -0.05) is 12.1 Å². The van der Waals surface area contributed by atoms with Gasteiger partial charge in [0.15, 0.2) is 0 Å². The van der Waals surface area contributed by atoms with Crippen LogP contribution in [0.4, 0.5) is 0 Å². The van der Waals surface area contributed by atoms with Gasteiger partial charge in [-0.25, -0.2) is 4.98 Å². The second kappa shape index (κ2) is 6.73. The number of hydrogen-bond donors (Lipinski definition) is 1. The van der Waals surface area contributed by atoms with Crippen molar-refractivity contribution in [3.8, 4) is 5.75 Å². The van der Waals surface area contributed by atoms with Crippen molar-refractivity contribution in [3.63, 3.8) is 0 Å². The van der Waals surface area contributed by atoms with Gasteiger partial charge >= 0.3 is 0 Å². The van der Waals surface area contributed by atoms with Gasteiger partial charge in [0.25, 0.3) is 0 Å². The van der Waals surface area contributed by atoms with Crippen LogP contribution < -0.4 is 10.1 Å². The molecule has 0 fully saturated rings. The smallest absolute Gasteiger partial charge is 0.138 e. The number of aryl methyl sites for hydroxylation is 1. The number of hydrogen-bond acceptors (Lipinski definition) is 3. The summed E-state index contributed by atoms with van der Waals surface area (Å²) in [6.07, 6.45) is 3.77. The zero-order chi connectivity index (χ0) is 13.7. The van der Waals surface area contributed by atoms with E-state index in [0.29, 0.717) is 6.61 Å². The van der Waals surface area contributed by atoms with Gasteiger partial charge in [-0.2, -0.15) is 0 Å². The lowest BCUT2D eigenvalue weighted by Gasteiger charge is -2.13. The molecule has 0 aliphatic carbocycles. The summed E-state index contributed by atoms with van der Waals surface area (Å²) in [5.74, 6) is 1.92. The first-order valence-electron chi connectivity index (χ1n) is 6.25. The van der Waals surface area contributed by atoms with Gasteiger partial charge in [0.2, 0.25) is 0 Å². The molecule has 0 aliphatic heterocycles. The minimum atomic E-state index is 0.622. The van der Waals surface area contributed by atoms with Gasteiger partial charge in [-0.15, -0.1) is 0 Å². The number of nitrogens with zero attached hydrogens (tertiary/aromatic N) is 2. The lowest BCUT2D eigenvalue weighted by molar-refractivity contribution is 0.292. The summed E-state index contributed by atoms with van der Waals surface area (Å²) in [6.45, 7) is 4.20. The van der Waals surface area contributed by atoms with Crippen LogP contribution in [-0.2, 0) is 13.1 Å². The molecule has 102 valence electrons.